The van der Waals surface area contributed by atoms with Crippen LogP contribution in [0.15, 0.2) is 91.0 Å². The van der Waals surface area contributed by atoms with Crippen molar-refractivity contribution in [2.75, 3.05) is 11.5 Å². The van der Waals surface area contributed by atoms with Gasteiger partial charge in [-0.1, -0.05) is 91.0 Å². The molecule has 0 radical (unpaired) electrons. The summed E-state index contributed by atoms with van der Waals surface area (Å²) in [7, 11) is -3.14. The van der Waals surface area contributed by atoms with Gasteiger partial charge < -0.3 is 10.6 Å². The van der Waals surface area contributed by atoms with Crippen molar-refractivity contribution in [2.45, 2.75) is 24.4 Å². The summed E-state index contributed by atoms with van der Waals surface area (Å²) in [4.78, 5) is 26.8. The van der Waals surface area contributed by atoms with E-state index in [2.05, 4.69) is 10.6 Å². The van der Waals surface area contributed by atoms with E-state index in [0.29, 0.717) is 12.0 Å². The highest BCUT2D eigenvalue weighted by Crippen LogP contribution is 2.26. The normalized spacial score (nSPS) is 17.9. The lowest BCUT2D eigenvalue weighted by Gasteiger charge is -2.24. The van der Waals surface area contributed by atoms with E-state index in [4.69, 9.17) is 0 Å². The Labute approximate surface area is 194 Å². The van der Waals surface area contributed by atoms with Gasteiger partial charge in [-0.3, -0.25) is 9.59 Å². The standard InChI is InChI=1S/C26H26N2O4S/c29-25(23(19-10-4-1-5-11-19)20-12-6-2-7-13-20)28-24(21-14-8-3-9-15-21)26(30)27-22-16-17-33(31,32)18-22/h1-15,22-24H,16-18H2,(H,27,30)(H,28,29). The topological polar surface area (TPSA) is 92.3 Å². The SMILES string of the molecule is O=C(NC1CCS(=O)(=O)C1)C(NC(=O)C(c1ccccc1)c1ccccc1)c1ccccc1. The molecule has 1 heterocycles. The Kier molecular flexibility index (Phi) is 6.89. The quantitative estimate of drug-likeness (QED) is 0.565. The Bertz CT molecular complexity index is 1160. The minimum atomic E-state index is -3.14. The van der Waals surface area contributed by atoms with Gasteiger partial charge in [0.25, 0.3) is 0 Å². The Morgan fingerprint density at radius 3 is 1.67 bits per heavy atom. The van der Waals surface area contributed by atoms with Gasteiger partial charge in [-0.15, -0.1) is 0 Å². The fraction of sp³-hybridized carbons (Fsp3) is 0.231. The molecule has 2 amide bonds. The predicted octanol–water partition coefficient (Wildman–Crippen LogP) is 2.98. The van der Waals surface area contributed by atoms with Gasteiger partial charge in [0.05, 0.1) is 17.4 Å². The molecule has 0 aromatic heterocycles. The summed E-state index contributed by atoms with van der Waals surface area (Å²) < 4.78 is 23.6. The highest BCUT2D eigenvalue weighted by molar-refractivity contribution is 7.91. The van der Waals surface area contributed by atoms with Crippen molar-refractivity contribution in [3.8, 4) is 0 Å². The van der Waals surface area contributed by atoms with E-state index in [0.717, 1.165) is 11.1 Å². The summed E-state index contributed by atoms with van der Waals surface area (Å²) in [5.41, 5.74) is 2.26. The van der Waals surface area contributed by atoms with Crippen molar-refractivity contribution in [1.82, 2.24) is 10.6 Å². The summed E-state index contributed by atoms with van der Waals surface area (Å²) in [6, 6.07) is 26.4. The summed E-state index contributed by atoms with van der Waals surface area (Å²) in [6.45, 7) is 0. The van der Waals surface area contributed by atoms with Crippen LogP contribution >= 0.6 is 0 Å². The van der Waals surface area contributed by atoms with Gasteiger partial charge in [0.1, 0.15) is 6.04 Å². The monoisotopic (exact) mass is 462 g/mol. The minimum absolute atomic E-state index is 0.0599. The van der Waals surface area contributed by atoms with E-state index in [-0.39, 0.29) is 17.4 Å². The van der Waals surface area contributed by atoms with Crippen LogP contribution in [0.25, 0.3) is 0 Å². The molecule has 170 valence electrons. The minimum Gasteiger partial charge on any atom is -0.350 e. The Hall–Kier alpha value is -3.45. The van der Waals surface area contributed by atoms with Gasteiger partial charge in [-0.2, -0.15) is 0 Å². The van der Waals surface area contributed by atoms with Crippen LogP contribution in [0.1, 0.15) is 35.1 Å². The van der Waals surface area contributed by atoms with E-state index >= 15 is 0 Å². The number of hydrogen-bond acceptors (Lipinski definition) is 4. The van der Waals surface area contributed by atoms with E-state index in [1.807, 2.05) is 66.7 Å². The average molecular weight is 463 g/mol. The zero-order valence-electron chi connectivity index (χ0n) is 18.1. The van der Waals surface area contributed by atoms with Crippen molar-refractivity contribution in [3.63, 3.8) is 0 Å². The third-order valence-electron chi connectivity index (χ3n) is 5.79. The predicted molar refractivity (Wildman–Crippen MR) is 127 cm³/mol. The number of amides is 2. The molecule has 0 aliphatic carbocycles. The largest absolute Gasteiger partial charge is 0.350 e. The summed E-state index contributed by atoms with van der Waals surface area (Å²) >= 11 is 0. The molecule has 0 saturated carbocycles. The first-order valence-corrected chi connectivity index (χ1v) is 12.7. The molecule has 4 rings (SSSR count). The van der Waals surface area contributed by atoms with Crippen LogP contribution in [-0.4, -0.2) is 37.8 Å². The number of sulfone groups is 1. The lowest BCUT2D eigenvalue weighted by Crippen LogP contribution is -2.46. The van der Waals surface area contributed by atoms with Crippen molar-refractivity contribution in [2.24, 2.45) is 0 Å². The molecular formula is C26H26N2O4S. The van der Waals surface area contributed by atoms with Crippen LogP contribution in [0.3, 0.4) is 0 Å². The molecule has 2 N–H and O–H groups in total. The number of carbonyl (C=O) groups is 2. The average Bonchev–Trinajstić information content (AvgIpc) is 3.17. The van der Waals surface area contributed by atoms with Crippen LogP contribution < -0.4 is 10.6 Å². The maximum absolute atomic E-state index is 13.6. The second-order valence-electron chi connectivity index (χ2n) is 8.22. The van der Waals surface area contributed by atoms with Gasteiger partial charge in [0, 0.05) is 6.04 Å². The first-order valence-electron chi connectivity index (χ1n) is 10.9. The number of benzene rings is 3. The van der Waals surface area contributed by atoms with Gasteiger partial charge >= 0.3 is 0 Å². The van der Waals surface area contributed by atoms with E-state index in [1.54, 1.807) is 24.3 Å². The zero-order valence-corrected chi connectivity index (χ0v) is 18.9. The molecule has 1 saturated heterocycles. The molecule has 6 nitrogen and oxygen atoms in total. The molecule has 3 aromatic rings. The first-order chi connectivity index (χ1) is 15.9. The summed E-state index contributed by atoms with van der Waals surface area (Å²) in [6.07, 6.45) is 0.375. The molecule has 0 spiro atoms. The van der Waals surface area contributed by atoms with Gasteiger partial charge in [0.15, 0.2) is 9.84 Å². The van der Waals surface area contributed by atoms with Crippen LogP contribution in [0.5, 0.6) is 0 Å². The third kappa shape index (κ3) is 5.68. The van der Waals surface area contributed by atoms with E-state index in [9.17, 15) is 18.0 Å². The smallest absolute Gasteiger partial charge is 0.247 e. The number of carbonyl (C=O) groups excluding carboxylic acids is 2. The van der Waals surface area contributed by atoms with Crippen molar-refractivity contribution in [1.29, 1.82) is 0 Å². The van der Waals surface area contributed by atoms with E-state index in [1.165, 1.54) is 0 Å². The van der Waals surface area contributed by atoms with Crippen molar-refractivity contribution in [3.05, 3.63) is 108 Å². The molecule has 2 atom stereocenters. The van der Waals surface area contributed by atoms with Crippen LogP contribution in [0, 0.1) is 0 Å². The van der Waals surface area contributed by atoms with E-state index < -0.39 is 33.7 Å². The lowest BCUT2D eigenvalue weighted by atomic mass is 9.90. The van der Waals surface area contributed by atoms with Gasteiger partial charge in [-0.05, 0) is 23.1 Å². The van der Waals surface area contributed by atoms with Gasteiger partial charge in [-0.25, -0.2) is 8.42 Å². The molecule has 33 heavy (non-hydrogen) atoms. The van der Waals surface area contributed by atoms with Crippen LogP contribution in [-0.2, 0) is 19.4 Å². The zero-order chi connectivity index (χ0) is 23.3. The Balaban J connectivity index is 1.62. The summed E-state index contributed by atoms with van der Waals surface area (Å²) in [5.74, 6) is -1.35. The molecule has 0 bridgehead atoms. The van der Waals surface area contributed by atoms with Gasteiger partial charge in [0.2, 0.25) is 11.8 Å². The number of hydrogen-bond donors (Lipinski definition) is 2. The van der Waals surface area contributed by atoms with Crippen molar-refractivity contribution < 1.29 is 18.0 Å². The summed E-state index contributed by atoms with van der Waals surface area (Å²) in [5, 5.41) is 5.75. The molecule has 1 aliphatic rings. The first kappa shape index (κ1) is 22.7. The Morgan fingerprint density at radius 2 is 1.21 bits per heavy atom. The highest BCUT2D eigenvalue weighted by Gasteiger charge is 2.33. The molecule has 7 heteroatoms. The number of rotatable bonds is 7. The second-order valence-corrected chi connectivity index (χ2v) is 10.4. The van der Waals surface area contributed by atoms with Crippen molar-refractivity contribution >= 4 is 21.7 Å². The number of nitrogens with one attached hydrogen (secondary N) is 2. The molecular weight excluding hydrogens is 436 g/mol. The van der Waals surface area contributed by atoms with Crippen LogP contribution in [0.4, 0.5) is 0 Å². The van der Waals surface area contributed by atoms with Crippen LogP contribution in [0.2, 0.25) is 0 Å². The maximum Gasteiger partial charge on any atom is 0.247 e. The fourth-order valence-corrected chi connectivity index (χ4v) is 5.82. The molecule has 3 aromatic carbocycles. The lowest BCUT2D eigenvalue weighted by molar-refractivity contribution is -0.129. The highest BCUT2D eigenvalue weighted by atomic mass is 32.2. The maximum atomic E-state index is 13.6. The molecule has 1 fully saturated rings. The molecule has 2 unspecified atom stereocenters. The molecule has 1 aliphatic heterocycles. The fourth-order valence-electron chi connectivity index (χ4n) is 4.15. The third-order valence-corrected chi connectivity index (χ3v) is 7.56. The second kappa shape index (κ2) is 10.0. The Morgan fingerprint density at radius 1 is 0.727 bits per heavy atom.